The van der Waals surface area contributed by atoms with Gasteiger partial charge in [-0.25, -0.2) is 15.0 Å². The molecule has 0 saturated heterocycles. The summed E-state index contributed by atoms with van der Waals surface area (Å²) in [6.45, 7) is 6.18. The molecule has 0 N–H and O–H groups in total. The van der Waals surface area contributed by atoms with Crippen LogP contribution in [0.1, 0.15) is 39.1 Å². The number of para-hydroxylation sites is 3. The van der Waals surface area contributed by atoms with Gasteiger partial charge in [0.1, 0.15) is 16.7 Å². The minimum atomic E-state index is -0.0459. The number of hydrogen-bond acceptors (Lipinski definition) is 4. The van der Waals surface area contributed by atoms with Gasteiger partial charge in [0.2, 0.25) is 0 Å². The predicted octanol–water partition coefficient (Wildman–Crippen LogP) is 4.82. The Hall–Kier alpha value is -3.54. The molecule has 3 aromatic heterocycles. The highest BCUT2D eigenvalue weighted by atomic mass is 16.1. The maximum Gasteiger partial charge on any atom is 0.265 e. The first-order chi connectivity index (χ1) is 14.6. The van der Waals surface area contributed by atoms with Crippen molar-refractivity contribution >= 4 is 33.2 Å². The lowest BCUT2D eigenvalue weighted by molar-refractivity contribution is 0.489. The summed E-state index contributed by atoms with van der Waals surface area (Å²) in [5, 5.41) is 0.532. The van der Waals surface area contributed by atoms with Crippen molar-refractivity contribution in [2.75, 3.05) is 0 Å². The molecule has 0 saturated carbocycles. The van der Waals surface area contributed by atoms with Gasteiger partial charge in [0.05, 0.1) is 11.0 Å². The maximum absolute atomic E-state index is 13.7. The molecule has 6 nitrogen and oxygen atoms in total. The summed E-state index contributed by atoms with van der Waals surface area (Å²) in [6.07, 6.45) is 1.53. The Bertz CT molecular complexity index is 1450. The molecule has 0 fully saturated rings. The standard InChI is InChI=1S/C24H23N5O/c1-4-15(3)28-19(5-2)27-22-20(24(28)30)21-23(29(22)16-11-7-6-8-12-16)26-18-14-10-9-13-17(18)25-21/h6-15H,4-5H2,1-3H3/t15-/m1/s1. The first kappa shape index (κ1) is 18.5. The molecule has 0 aliphatic carbocycles. The van der Waals surface area contributed by atoms with Crippen molar-refractivity contribution in [3.05, 3.63) is 70.8 Å². The van der Waals surface area contributed by atoms with Gasteiger partial charge in [-0.05, 0) is 37.6 Å². The van der Waals surface area contributed by atoms with Crippen LogP contribution in [0, 0.1) is 0 Å². The molecule has 150 valence electrons. The Morgan fingerprint density at radius 1 is 0.867 bits per heavy atom. The van der Waals surface area contributed by atoms with E-state index in [4.69, 9.17) is 15.0 Å². The van der Waals surface area contributed by atoms with E-state index < -0.39 is 0 Å². The molecular formula is C24H23N5O. The molecule has 0 unspecified atom stereocenters. The van der Waals surface area contributed by atoms with Crippen LogP contribution in [-0.2, 0) is 6.42 Å². The van der Waals surface area contributed by atoms with Crippen LogP contribution < -0.4 is 5.56 Å². The van der Waals surface area contributed by atoms with Crippen molar-refractivity contribution < 1.29 is 0 Å². The van der Waals surface area contributed by atoms with E-state index >= 15 is 0 Å². The summed E-state index contributed by atoms with van der Waals surface area (Å²) < 4.78 is 3.79. The van der Waals surface area contributed by atoms with Gasteiger partial charge in [-0.1, -0.05) is 44.2 Å². The normalized spacial score (nSPS) is 12.8. The second-order valence-corrected chi connectivity index (χ2v) is 7.57. The number of nitrogens with zero attached hydrogens (tertiary/aromatic N) is 5. The monoisotopic (exact) mass is 397 g/mol. The zero-order valence-electron chi connectivity index (χ0n) is 17.3. The van der Waals surface area contributed by atoms with Crippen LogP contribution in [-0.4, -0.2) is 24.1 Å². The van der Waals surface area contributed by atoms with E-state index in [9.17, 15) is 4.79 Å². The molecule has 6 heteroatoms. The average Bonchev–Trinajstić information content (AvgIpc) is 3.10. The first-order valence-electron chi connectivity index (χ1n) is 10.4. The molecule has 5 rings (SSSR count). The van der Waals surface area contributed by atoms with Crippen molar-refractivity contribution in [3.63, 3.8) is 0 Å². The Morgan fingerprint density at radius 2 is 1.53 bits per heavy atom. The fraction of sp³-hybridized carbons (Fsp3) is 0.250. The van der Waals surface area contributed by atoms with Crippen LogP contribution in [0.3, 0.4) is 0 Å². The van der Waals surface area contributed by atoms with Crippen LogP contribution in [0.2, 0.25) is 0 Å². The maximum atomic E-state index is 13.7. The van der Waals surface area contributed by atoms with Crippen LogP contribution in [0.4, 0.5) is 0 Å². The summed E-state index contributed by atoms with van der Waals surface area (Å²) >= 11 is 0. The minimum absolute atomic E-state index is 0.0459. The van der Waals surface area contributed by atoms with Crippen molar-refractivity contribution in [2.24, 2.45) is 0 Å². The largest absolute Gasteiger partial charge is 0.293 e. The van der Waals surface area contributed by atoms with Crippen LogP contribution in [0.25, 0.3) is 38.9 Å². The Kier molecular flexibility index (Phi) is 4.35. The molecule has 3 heterocycles. The Morgan fingerprint density at radius 3 is 2.20 bits per heavy atom. The van der Waals surface area contributed by atoms with Gasteiger partial charge in [-0.15, -0.1) is 0 Å². The summed E-state index contributed by atoms with van der Waals surface area (Å²) in [4.78, 5) is 28.5. The van der Waals surface area contributed by atoms with E-state index in [1.165, 1.54) is 0 Å². The summed E-state index contributed by atoms with van der Waals surface area (Å²) in [5.74, 6) is 0.784. The molecule has 0 spiro atoms. The highest BCUT2D eigenvalue weighted by Gasteiger charge is 2.23. The highest BCUT2D eigenvalue weighted by molar-refractivity contribution is 6.05. The zero-order valence-corrected chi connectivity index (χ0v) is 17.3. The quantitative estimate of drug-likeness (QED) is 0.436. The van der Waals surface area contributed by atoms with Crippen molar-refractivity contribution in [1.82, 2.24) is 24.1 Å². The SMILES string of the molecule is CCc1nc2c(c(=O)n1[C@H](C)CC)c1nc3ccccc3nc1n2-c1ccccc1. The molecule has 0 radical (unpaired) electrons. The third-order valence-electron chi connectivity index (χ3n) is 5.74. The number of benzene rings is 2. The van der Waals surface area contributed by atoms with Gasteiger partial charge in [-0.2, -0.15) is 0 Å². The van der Waals surface area contributed by atoms with Crippen molar-refractivity contribution in [2.45, 2.75) is 39.7 Å². The molecule has 0 bridgehead atoms. The molecular weight excluding hydrogens is 374 g/mol. The van der Waals surface area contributed by atoms with Gasteiger partial charge < -0.3 is 0 Å². The topological polar surface area (TPSA) is 65.6 Å². The number of hydrogen-bond donors (Lipinski definition) is 0. The summed E-state index contributed by atoms with van der Waals surface area (Å²) in [7, 11) is 0. The Balaban J connectivity index is 2.04. The van der Waals surface area contributed by atoms with Gasteiger partial charge in [-0.3, -0.25) is 13.9 Å². The van der Waals surface area contributed by atoms with Gasteiger partial charge >= 0.3 is 0 Å². The third-order valence-corrected chi connectivity index (χ3v) is 5.74. The number of aromatic nitrogens is 5. The Labute approximate surface area is 173 Å². The minimum Gasteiger partial charge on any atom is -0.293 e. The lowest BCUT2D eigenvalue weighted by atomic mass is 10.2. The molecule has 2 aromatic carbocycles. The van der Waals surface area contributed by atoms with Gasteiger partial charge in [0.15, 0.2) is 11.3 Å². The lowest BCUT2D eigenvalue weighted by Gasteiger charge is -2.17. The van der Waals surface area contributed by atoms with E-state index in [0.29, 0.717) is 28.6 Å². The van der Waals surface area contributed by atoms with E-state index in [-0.39, 0.29) is 11.6 Å². The third kappa shape index (κ3) is 2.64. The van der Waals surface area contributed by atoms with E-state index in [1.54, 1.807) is 0 Å². The second kappa shape index (κ2) is 7.06. The van der Waals surface area contributed by atoms with Crippen molar-refractivity contribution in [1.29, 1.82) is 0 Å². The van der Waals surface area contributed by atoms with Crippen LogP contribution in [0.5, 0.6) is 0 Å². The van der Waals surface area contributed by atoms with Crippen LogP contribution in [0.15, 0.2) is 59.4 Å². The molecule has 30 heavy (non-hydrogen) atoms. The summed E-state index contributed by atoms with van der Waals surface area (Å²) in [6, 6.07) is 17.7. The van der Waals surface area contributed by atoms with Gasteiger partial charge in [0, 0.05) is 18.2 Å². The molecule has 0 aliphatic heterocycles. The fourth-order valence-corrected chi connectivity index (χ4v) is 4.06. The summed E-state index contributed by atoms with van der Waals surface area (Å²) in [5.41, 5.74) is 4.31. The average molecular weight is 397 g/mol. The fourth-order valence-electron chi connectivity index (χ4n) is 4.06. The first-order valence-corrected chi connectivity index (χ1v) is 10.4. The number of fused-ring (bicyclic) bond motifs is 4. The predicted molar refractivity (Wildman–Crippen MR) is 120 cm³/mol. The second-order valence-electron chi connectivity index (χ2n) is 7.57. The van der Waals surface area contributed by atoms with Gasteiger partial charge in [0.25, 0.3) is 5.56 Å². The molecule has 1 atom stereocenters. The smallest absolute Gasteiger partial charge is 0.265 e. The number of rotatable bonds is 4. The van der Waals surface area contributed by atoms with E-state index in [0.717, 1.165) is 29.0 Å². The number of aryl methyl sites for hydroxylation is 1. The van der Waals surface area contributed by atoms with Crippen molar-refractivity contribution in [3.8, 4) is 5.69 Å². The molecule has 5 aromatic rings. The van der Waals surface area contributed by atoms with E-state index in [2.05, 4.69) is 13.8 Å². The van der Waals surface area contributed by atoms with E-state index in [1.807, 2.05) is 70.7 Å². The highest BCUT2D eigenvalue weighted by Crippen LogP contribution is 2.29. The molecule has 0 amide bonds. The zero-order chi connectivity index (χ0) is 20.8. The van der Waals surface area contributed by atoms with Crippen LogP contribution >= 0.6 is 0 Å². The molecule has 0 aliphatic rings. The lowest BCUT2D eigenvalue weighted by Crippen LogP contribution is -2.27.